The van der Waals surface area contributed by atoms with Crippen molar-refractivity contribution in [2.75, 3.05) is 20.8 Å². The van der Waals surface area contributed by atoms with Crippen LogP contribution in [0.3, 0.4) is 0 Å². The fourth-order valence-electron chi connectivity index (χ4n) is 2.39. The molecule has 1 amide bonds. The van der Waals surface area contributed by atoms with Gasteiger partial charge in [0.2, 0.25) is 5.91 Å². The van der Waals surface area contributed by atoms with Gasteiger partial charge < -0.3 is 19.5 Å². The van der Waals surface area contributed by atoms with Gasteiger partial charge in [-0.1, -0.05) is 6.07 Å². The van der Waals surface area contributed by atoms with Crippen molar-refractivity contribution in [2.24, 2.45) is 5.92 Å². The van der Waals surface area contributed by atoms with Gasteiger partial charge in [0.05, 0.1) is 26.6 Å². The molecule has 1 aromatic rings. The van der Waals surface area contributed by atoms with Crippen LogP contribution < -0.4 is 14.8 Å². The van der Waals surface area contributed by atoms with Crippen molar-refractivity contribution in [3.63, 3.8) is 0 Å². The maximum Gasteiger partial charge on any atom is 0.307 e. The van der Waals surface area contributed by atoms with E-state index < -0.39 is 0 Å². The van der Waals surface area contributed by atoms with E-state index >= 15 is 0 Å². The van der Waals surface area contributed by atoms with E-state index in [1.807, 2.05) is 18.2 Å². The predicted molar refractivity (Wildman–Crippen MR) is 79.9 cm³/mol. The van der Waals surface area contributed by atoms with Crippen LogP contribution in [0.2, 0.25) is 0 Å². The predicted octanol–water partition coefficient (Wildman–Crippen LogP) is 1.31. The third-order valence-electron chi connectivity index (χ3n) is 3.64. The highest BCUT2D eigenvalue weighted by Gasteiger charge is 2.27. The summed E-state index contributed by atoms with van der Waals surface area (Å²) in [5, 5.41) is 2.82. The van der Waals surface area contributed by atoms with Gasteiger partial charge in [0.15, 0.2) is 0 Å². The largest absolute Gasteiger partial charge is 0.497 e. The third-order valence-corrected chi connectivity index (χ3v) is 3.64. The SMILES string of the molecule is COC(=O)C[C@@H](C)NC(=O)[C@H]1COc2cc(OC)ccc2C1. The number of benzene rings is 1. The molecule has 6 heteroatoms. The first-order valence-electron chi connectivity index (χ1n) is 7.20. The van der Waals surface area contributed by atoms with E-state index in [1.54, 1.807) is 14.0 Å². The zero-order valence-electron chi connectivity index (χ0n) is 13.0. The molecule has 0 bridgehead atoms. The molecule has 1 aliphatic heterocycles. The van der Waals surface area contributed by atoms with Gasteiger partial charge in [0.1, 0.15) is 18.1 Å². The zero-order valence-corrected chi connectivity index (χ0v) is 13.0. The van der Waals surface area contributed by atoms with Crippen molar-refractivity contribution in [3.05, 3.63) is 23.8 Å². The van der Waals surface area contributed by atoms with Crippen LogP contribution in [0.25, 0.3) is 0 Å². The van der Waals surface area contributed by atoms with Crippen molar-refractivity contribution in [1.29, 1.82) is 0 Å². The molecule has 22 heavy (non-hydrogen) atoms. The minimum atomic E-state index is -0.342. The number of esters is 1. The maximum atomic E-state index is 12.2. The first kappa shape index (κ1) is 16.1. The number of nitrogens with one attached hydrogen (secondary N) is 1. The second kappa shape index (κ2) is 7.15. The van der Waals surface area contributed by atoms with Gasteiger partial charge in [-0.25, -0.2) is 0 Å². The number of hydrogen-bond donors (Lipinski definition) is 1. The fourth-order valence-corrected chi connectivity index (χ4v) is 2.39. The van der Waals surface area contributed by atoms with E-state index in [1.165, 1.54) is 7.11 Å². The van der Waals surface area contributed by atoms with Crippen molar-refractivity contribution in [1.82, 2.24) is 5.32 Å². The van der Waals surface area contributed by atoms with Crippen molar-refractivity contribution in [2.45, 2.75) is 25.8 Å². The van der Waals surface area contributed by atoms with Gasteiger partial charge in [0.25, 0.3) is 0 Å². The van der Waals surface area contributed by atoms with E-state index in [2.05, 4.69) is 10.1 Å². The molecule has 120 valence electrons. The zero-order chi connectivity index (χ0) is 16.1. The summed E-state index contributed by atoms with van der Waals surface area (Å²) in [6.07, 6.45) is 0.764. The van der Waals surface area contributed by atoms with Gasteiger partial charge in [-0.15, -0.1) is 0 Å². The highest BCUT2D eigenvalue weighted by Crippen LogP contribution is 2.31. The molecule has 2 atom stereocenters. The Kier molecular flexibility index (Phi) is 5.25. The molecule has 1 N–H and O–H groups in total. The summed E-state index contributed by atoms with van der Waals surface area (Å²) in [5.41, 5.74) is 0.979. The molecular formula is C16H21NO5. The van der Waals surface area contributed by atoms with Crippen LogP contribution in [0.15, 0.2) is 18.2 Å². The summed E-state index contributed by atoms with van der Waals surface area (Å²) in [6, 6.07) is 5.31. The molecule has 0 saturated heterocycles. The van der Waals surface area contributed by atoms with Crippen molar-refractivity contribution < 1.29 is 23.8 Å². The lowest BCUT2D eigenvalue weighted by atomic mass is 9.95. The molecule has 0 radical (unpaired) electrons. The van der Waals surface area contributed by atoms with Gasteiger partial charge in [0, 0.05) is 12.1 Å². The van der Waals surface area contributed by atoms with Crippen LogP contribution in [-0.4, -0.2) is 38.7 Å². The number of fused-ring (bicyclic) bond motifs is 1. The Morgan fingerprint density at radius 2 is 2.18 bits per heavy atom. The lowest BCUT2D eigenvalue weighted by Crippen LogP contribution is -2.42. The molecule has 6 nitrogen and oxygen atoms in total. The summed E-state index contributed by atoms with van der Waals surface area (Å²) in [5.74, 6) is 0.767. The van der Waals surface area contributed by atoms with E-state index in [4.69, 9.17) is 9.47 Å². The Hall–Kier alpha value is -2.24. The quantitative estimate of drug-likeness (QED) is 0.830. The summed E-state index contributed by atoms with van der Waals surface area (Å²) in [7, 11) is 2.93. The van der Waals surface area contributed by atoms with E-state index in [0.717, 1.165) is 17.1 Å². The molecule has 1 heterocycles. The van der Waals surface area contributed by atoms with E-state index in [9.17, 15) is 9.59 Å². The molecule has 0 aromatic heterocycles. The molecule has 1 aromatic carbocycles. The Bertz CT molecular complexity index is 557. The second-order valence-electron chi connectivity index (χ2n) is 5.38. The average molecular weight is 307 g/mol. The molecule has 0 aliphatic carbocycles. The highest BCUT2D eigenvalue weighted by atomic mass is 16.5. The smallest absolute Gasteiger partial charge is 0.307 e. The van der Waals surface area contributed by atoms with Crippen LogP contribution in [-0.2, 0) is 20.7 Å². The Morgan fingerprint density at radius 1 is 1.41 bits per heavy atom. The topological polar surface area (TPSA) is 73.9 Å². The normalized spacial score (nSPS) is 17.7. The summed E-state index contributed by atoms with van der Waals surface area (Å²) in [4.78, 5) is 23.4. The number of ether oxygens (including phenoxy) is 3. The highest BCUT2D eigenvalue weighted by molar-refractivity contribution is 5.80. The summed E-state index contributed by atoms with van der Waals surface area (Å²) < 4.78 is 15.4. The Morgan fingerprint density at radius 3 is 2.86 bits per heavy atom. The monoisotopic (exact) mass is 307 g/mol. The van der Waals surface area contributed by atoms with Crippen LogP contribution >= 0.6 is 0 Å². The minimum absolute atomic E-state index is 0.113. The van der Waals surface area contributed by atoms with Gasteiger partial charge in [-0.05, 0) is 25.0 Å². The number of methoxy groups -OCH3 is 2. The number of rotatable bonds is 5. The van der Waals surface area contributed by atoms with Crippen LogP contribution in [0.5, 0.6) is 11.5 Å². The lowest BCUT2D eigenvalue weighted by Gasteiger charge is -2.26. The molecule has 0 spiro atoms. The van der Waals surface area contributed by atoms with Crippen LogP contribution in [0.4, 0.5) is 0 Å². The summed E-state index contributed by atoms with van der Waals surface area (Å²) >= 11 is 0. The standard InChI is InChI=1S/C16H21NO5/c1-10(6-15(18)21-3)17-16(19)12-7-11-4-5-13(20-2)8-14(11)22-9-12/h4-5,8,10,12H,6-7,9H2,1-3H3,(H,17,19)/t10-,12-/m1/s1. The maximum absolute atomic E-state index is 12.2. The minimum Gasteiger partial charge on any atom is -0.497 e. The number of hydrogen-bond acceptors (Lipinski definition) is 5. The molecule has 1 aliphatic rings. The fraction of sp³-hybridized carbons (Fsp3) is 0.500. The number of amides is 1. The number of carbonyl (C=O) groups excluding carboxylic acids is 2. The molecule has 0 saturated carbocycles. The summed E-state index contributed by atoms with van der Waals surface area (Å²) in [6.45, 7) is 2.09. The second-order valence-corrected chi connectivity index (χ2v) is 5.38. The van der Waals surface area contributed by atoms with Crippen LogP contribution in [0, 0.1) is 5.92 Å². The Balaban J connectivity index is 1.94. The van der Waals surface area contributed by atoms with Gasteiger partial charge >= 0.3 is 5.97 Å². The van der Waals surface area contributed by atoms with Gasteiger partial charge in [-0.2, -0.15) is 0 Å². The Labute approximate surface area is 129 Å². The molecular weight excluding hydrogens is 286 g/mol. The van der Waals surface area contributed by atoms with Crippen molar-refractivity contribution >= 4 is 11.9 Å². The first-order chi connectivity index (χ1) is 10.5. The lowest BCUT2D eigenvalue weighted by molar-refractivity contribution is -0.141. The van der Waals surface area contributed by atoms with Crippen LogP contribution in [0.1, 0.15) is 18.9 Å². The molecule has 0 fully saturated rings. The van der Waals surface area contributed by atoms with E-state index in [0.29, 0.717) is 13.0 Å². The average Bonchev–Trinajstić information content (AvgIpc) is 2.53. The van der Waals surface area contributed by atoms with Crippen molar-refractivity contribution in [3.8, 4) is 11.5 Å². The molecule has 0 unspecified atom stereocenters. The van der Waals surface area contributed by atoms with E-state index in [-0.39, 0.29) is 30.3 Å². The molecule has 2 rings (SSSR count). The number of carbonyl (C=O) groups is 2. The first-order valence-corrected chi connectivity index (χ1v) is 7.20. The third kappa shape index (κ3) is 3.90. The van der Waals surface area contributed by atoms with Gasteiger partial charge in [-0.3, -0.25) is 9.59 Å².